The van der Waals surface area contributed by atoms with E-state index >= 15 is 0 Å². The number of nitrogens with zero attached hydrogens (tertiary/aromatic N) is 1. The van der Waals surface area contributed by atoms with Crippen LogP contribution < -0.4 is 11.1 Å². The Labute approximate surface area is 101 Å². The number of hydrogen-bond donors (Lipinski definition) is 3. The Morgan fingerprint density at radius 1 is 1.62 bits per heavy atom. The fraction of sp³-hybridized carbons (Fsp3) is 0.545. The van der Waals surface area contributed by atoms with Crippen molar-refractivity contribution in [3.8, 4) is 0 Å². The van der Waals surface area contributed by atoms with Crippen LogP contribution in [0.1, 0.15) is 12.5 Å². The first kappa shape index (κ1) is 13.1. The zero-order valence-corrected chi connectivity index (χ0v) is 10.7. The molecule has 2 unspecified atom stereocenters. The number of hydrogen-bond acceptors (Lipinski definition) is 5. The number of thioether (sulfide) groups is 1. The van der Waals surface area contributed by atoms with Gasteiger partial charge in [0.1, 0.15) is 5.82 Å². The molecule has 4 nitrogen and oxygen atoms in total. The quantitative estimate of drug-likeness (QED) is 0.728. The Balaban J connectivity index is 2.69. The highest BCUT2D eigenvalue weighted by atomic mass is 32.2. The Morgan fingerprint density at radius 3 is 2.81 bits per heavy atom. The van der Waals surface area contributed by atoms with Crippen molar-refractivity contribution in [2.45, 2.75) is 25.1 Å². The summed E-state index contributed by atoms with van der Waals surface area (Å²) in [7, 11) is 0. The van der Waals surface area contributed by atoms with E-state index in [1.54, 1.807) is 18.0 Å². The number of nitrogen functional groups attached to an aromatic ring is 1. The van der Waals surface area contributed by atoms with Crippen molar-refractivity contribution >= 4 is 23.3 Å². The molecule has 0 aliphatic rings. The molecule has 5 heteroatoms. The summed E-state index contributed by atoms with van der Waals surface area (Å²) in [5.74, 6) is 0.753. The summed E-state index contributed by atoms with van der Waals surface area (Å²) >= 11 is 1.63. The van der Waals surface area contributed by atoms with Crippen LogP contribution in [0.4, 0.5) is 11.5 Å². The molecule has 0 saturated heterocycles. The minimum Gasteiger partial charge on any atom is -0.398 e. The number of pyridine rings is 1. The Kier molecular flexibility index (Phi) is 4.89. The van der Waals surface area contributed by atoms with Gasteiger partial charge in [-0.05, 0) is 25.7 Å². The maximum Gasteiger partial charge on any atom is 0.128 e. The third-order valence-electron chi connectivity index (χ3n) is 2.56. The van der Waals surface area contributed by atoms with Crippen molar-refractivity contribution in [1.29, 1.82) is 0 Å². The number of aromatic nitrogens is 1. The van der Waals surface area contributed by atoms with Gasteiger partial charge in [-0.3, -0.25) is 0 Å². The maximum absolute atomic E-state index is 9.17. The Bertz CT molecular complexity index is 342. The molecule has 0 amide bonds. The van der Waals surface area contributed by atoms with E-state index in [4.69, 9.17) is 10.8 Å². The molecular formula is C11H19N3OS. The predicted octanol–water partition coefficient (Wildman–Crippen LogP) is 1.50. The topological polar surface area (TPSA) is 71.2 Å². The molecule has 0 bridgehead atoms. The highest BCUT2D eigenvalue weighted by molar-refractivity contribution is 7.99. The van der Waals surface area contributed by atoms with E-state index in [0.717, 1.165) is 17.1 Å². The van der Waals surface area contributed by atoms with Crippen LogP contribution in [0.15, 0.2) is 12.3 Å². The summed E-state index contributed by atoms with van der Waals surface area (Å²) in [6.07, 6.45) is 3.73. The largest absolute Gasteiger partial charge is 0.398 e. The smallest absolute Gasteiger partial charge is 0.128 e. The second kappa shape index (κ2) is 5.96. The average Bonchev–Trinajstić information content (AvgIpc) is 2.25. The van der Waals surface area contributed by atoms with Crippen LogP contribution in [0, 0.1) is 6.92 Å². The molecule has 0 saturated carbocycles. The van der Waals surface area contributed by atoms with E-state index in [1.807, 2.05) is 26.2 Å². The molecule has 0 aliphatic heterocycles. The van der Waals surface area contributed by atoms with Gasteiger partial charge >= 0.3 is 0 Å². The molecule has 0 fully saturated rings. The lowest BCUT2D eigenvalue weighted by molar-refractivity contribution is 0.288. The standard InChI is InChI=1S/C11H19N3OS/c1-7-5-13-11(4-9(7)12)14-8(2)10(6-15)16-3/h4-5,8,10,15H,6H2,1-3H3,(H3,12,13,14). The monoisotopic (exact) mass is 241 g/mol. The molecule has 1 aromatic rings. The van der Waals surface area contributed by atoms with Crippen molar-refractivity contribution < 1.29 is 5.11 Å². The Morgan fingerprint density at radius 2 is 2.31 bits per heavy atom. The van der Waals surface area contributed by atoms with E-state index in [9.17, 15) is 0 Å². The van der Waals surface area contributed by atoms with Crippen LogP contribution in [-0.4, -0.2) is 34.2 Å². The molecule has 1 rings (SSSR count). The van der Waals surface area contributed by atoms with Gasteiger partial charge in [-0.2, -0.15) is 11.8 Å². The van der Waals surface area contributed by atoms with Gasteiger partial charge in [0, 0.05) is 29.2 Å². The van der Waals surface area contributed by atoms with Crippen LogP contribution in [0.25, 0.3) is 0 Å². The van der Waals surface area contributed by atoms with Gasteiger partial charge in [-0.25, -0.2) is 4.98 Å². The number of anilines is 2. The summed E-state index contributed by atoms with van der Waals surface area (Å²) in [5, 5.41) is 12.6. The number of nitrogens with one attached hydrogen (secondary N) is 1. The Hall–Kier alpha value is -0.940. The van der Waals surface area contributed by atoms with Crippen molar-refractivity contribution in [1.82, 2.24) is 4.98 Å². The van der Waals surface area contributed by atoms with Crippen LogP contribution in [-0.2, 0) is 0 Å². The lowest BCUT2D eigenvalue weighted by Gasteiger charge is -2.22. The van der Waals surface area contributed by atoms with Gasteiger partial charge in [0.2, 0.25) is 0 Å². The third-order valence-corrected chi connectivity index (χ3v) is 3.72. The van der Waals surface area contributed by atoms with Gasteiger partial charge < -0.3 is 16.2 Å². The first-order chi connectivity index (χ1) is 7.58. The van der Waals surface area contributed by atoms with Crippen molar-refractivity contribution in [3.05, 3.63) is 17.8 Å². The van der Waals surface area contributed by atoms with E-state index in [1.165, 1.54) is 0 Å². The molecule has 0 aliphatic carbocycles. The first-order valence-corrected chi connectivity index (χ1v) is 6.49. The van der Waals surface area contributed by atoms with Crippen molar-refractivity contribution in [2.24, 2.45) is 0 Å². The number of aryl methyl sites for hydroxylation is 1. The summed E-state index contributed by atoms with van der Waals surface area (Å²) in [6.45, 7) is 4.10. The highest BCUT2D eigenvalue weighted by Gasteiger charge is 2.15. The predicted molar refractivity (Wildman–Crippen MR) is 70.9 cm³/mol. The zero-order chi connectivity index (χ0) is 12.1. The van der Waals surface area contributed by atoms with Crippen LogP contribution in [0.2, 0.25) is 0 Å². The minimum atomic E-state index is 0.148. The molecule has 90 valence electrons. The van der Waals surface area contributed by atoms with E-state index < -0.39 is 0 Å². The molecule has 16 heavy (non-hydrogen) atoms. The second-order valence-electron chi connectivity index (χ2n) is 3.82. The van der Waals surface area contributed by atoms with Gasteiger partial charge in [0.25, 0.3) is 0 Å². The summed E-state index contributed by atoms with van der Waals surface area (Å²) in [5.41, 5.74) is 7.51. The molecule has 0 aromatic carbocycles. The lowest BCUT2D eigenvalue weighted by atomic mass is 10.2. The van der Waals surface area contributed by atoms with Crippen LogP contribution in [0.5, 0.6) is 0 Å². The molecule has 2 atom stereocenters. The maximum atomic E-state index is 9.17. The molecule has 0 radical (unpaired) electrons. The van der Waals surface area contributed by atoms with E-state index in [0.29, 0.717) is 0 Å². The molecule has 4 N–H and O–H groups in total. The second-order valence-corrected chi connectivity index (χ2v) is 4.89. The normalized spacial score (nSPS) is 14.5. The highest BCUT2D eigenvalue weighted by Crippen LogP contribution is 2.18. The summed E-state index contributed by atoms with van der Waals surface area (Å²) in [6, 6.07) is 1.97. The summed E-state index contributed by atoms with van der Waals surface area (Å²) in [4.78, 5) is 4.25. The minimum absolute atomic E-state index is 0.148. The fourth-order valence-corrected chi connectivity index (χ4v) is 2.01. The zero-order valence-electron chi connectivity index (χ0n) is 9.90. The third kappa shape index (κ3) is 3.28. The number of aliphatic hydroxyl groups excluding tert-OH is 1. The van der Waals surface area contributed by atoms with Gasteiger partial charge in [-0.1, -0.05) is 0 Å². The van der Waals surface area contributed by atoms with Gasteiger partial charge in [-0.15, -0.1) is 0 Å². The molecular weight excluding hydrogens is 222 g/mol. The van der Waals surface area contributed by atoms with Crippen LogP contribution in [0.3, 0.4) is 0 Å². The SMILES string of the molecule is CSC(CO)C(C)Nc1cc(N)c(C)cn1. The van der Waals surface area contributed by atoms with E-state index in [-0.39, 0.29) is 17.9 Å². The van der Waals surface area contributed by atoms with E-state index in [2.05, 4.69) is 10.3 Å². The summed E-state index contributed by atoms with van der Waals surface area (Å²) < 4.78 is 0. The van der Waals surface area contributed by atoms with Gasteiger partial charge in [0.05, 0.1) is 6.61 Å². The van der Waals surface area contributed by atoms with Crippen molar-refractivity contribution in [2.75, 3.05) is 23.9 Å². The molecule has 1 aromatic heterocycles. The average molecular weight is 241 g/mol. The number of aliphatic hydroxyl groups is 1. The first-order valence-electron chi connectivity index (χ1n) is 5.20. The van der Waals surface area contributed by atoms with Gasteiger partial charge in [0.15, 0.2) is 0 Å². The fourth-order valence-electron chi connectivity index (χ4n) is 1.38. The van der Waals surface area contributed by atoms with Crippen molar-refractivity contribution in [3.63, 3.8) is 0 Å². The van der Waals surface area contributed by atoms with Crippen LogP contribution >= 0.6 is 11.8 Å². The lowest BCUT2D eigenvalue weighted by Crippen LogP contribution is -2.31. The molecule has 1 heterocycles. The number of nitrogens with two attached hydrogens (primary N) is 1. The number of rotatable bonds is 5. The molecule has 0 spiro atoms.